The average molecular weight is 299 g/mol. The number of sulfonamides is 1. The Labute approximate surface area is 118 Å². The van der Waals surface area contributed by atoms with Gasteiger partial charge in [0.15, 0.2) is 0 Å². The van der Waals surface area contributed by atoms with Gasteiger partial charge in [-0.05, 0) is 31.0 Å². The Kier molecular flexibility index (Phi) is 4.46. The molecule has 1 fully saturated rings. The van der Waals surface area contributed by atoms with E-state index < -0.39 is 10.0 Å². The lowest BCUT2D eigenvalue weighted by molar-refractivity contribution is 0.350. The van der Waals surface area contributed by atoms with Gasteiger partial charge in [-0.25, -0.2) is 8.42 Å². The summed E-state index contributed by atoms with van der Waals surface area (Å²) in [6.07, 6.45) is 3.66. The molecule has 1 aliphatic carbocycles. The number of benzene rings is 1. The van der Waals surface area contributed by atoms with E-state index in [-0.39, 0.29) is 17.5 Å². The van der Waals surface area contributed by atoms with Gasteiger partial charge in [0.25, 0.3) is 0 Å². The van der Waals surface area contributed by atoms with Crippen LogP contribution in [-0.4, -0.2) is 25.3 Å². The van der Waals surface area contributed by atoms with Crippen molar-refractivity contribution in [3.05, 3.63) is 29.3 Å². The lowest BCUT2D eigenvalue weighted by Gasteiger charge is -2.25. The van der Waals surface area contributed by atoms with Crippen molar-refractivity contribution in [2.45, 2.75) is 36.6 Å². The fourth-order valence-corrected chi connectivity index (χ4v) is 4.32. The second-order valence-corrected chi connectivity index (χ2v) is 6.93. The Hall–Kier alpha value is -1.09. The van der Waals surface area contributed by atoms with E-state index in [1.807, 2.05) is 6.07 Å². The van der Waals surface area contributed by atoms with Crippen LogP contribution >= 0.6 is 11.6 Å². The molecule has 1 saturated carbocycles. The Balaban J connectivity index is 2.37. The third-order valence-corrected chi connectivity index (χ3v) is 5.49. The van der Waals surface area contributed by atoms with Crippen molar-refractivity contribution in [2.75, 3.05) is 6.54 Å². The molecule has 0 unspecified atom stereocenters. The van der Waals surface area contributed by atoms with Crippen LogP contribution in [0.25, 0.3) is 0 Å². The van der Waals surface area contributed by atoms with Gasteiger partial charge < -0.3 is 0 Å². The molecular weight excluding hydrogens is 284 g/mol. The Morgan fingerprint density at radius 3 is 2.63 bits per heavy atom. The van der Waals surface area contributed by atoms with Gasteiger partial charge >= 0.3 is 0 Å². The van der Waals surface area contributed by atoms with Gasteiger partial charge in [-0.2, -0.15) is 9.57 Å². The predicted octanol–water partition coefficient (Wildman–Crippen LogP) is 2.80. The summed E-state index contributed by atoms with van der Waals surface area (Å²) < 4.78 is 26.5. The van der Waals surface area contributed by atoms with Crippen LogP contribution in [0.3, 0.4) is 0 Å². The first-order valence-electron chi connectivity index (χ1n) is 6.20. The fraction of sp³-hybridized carbons (Fsp3) is 0.462. The van der Waals surface area contributed by atoms with Crippen LogP contribution in [0.1, 0.15) is 25.7 Å². The van der Waals surface area contributed by atoms with Crippen LogP contribution < -0.4 is 0 Å². The molecule has 0 amide bonds. The first-order chi connectivity index (χ1) is 9.05. The molecule has 19 heavy (non-hydrogen) atoms. The third kappa shape index (κ3) is 3.08. The zero-order valence-electron chi connectivity index (χ0n) is 10.4. The molecular formula is C13H15ClN2O2S. The Morgan fingerprint density at radius 2 is 2.05 bits per heavy atom. The zero-order chi connectivity index (χ0) is 13.9. The van der Waals surface area contributed by atoms with Crippen molar-refractivity contribution < 1.29 is 8.42 Å². The summed E-state index contributed by atoms with van der Waals surface area (Å²) in [6.45, 7) is -0.112. The van der Waals surface area contributed by atoms with E-state index in [1.54, 1.807) is 12.1 Å². The number of hydrogen-bond donors (Lipinski definition) is 0. The summed E-state index contributed by atoms with van der Waals surface area (Å²) in [7, 11) is -3.64. The second-order valence-electron chi connectivity index (χ2n) is 4.60. The highest BCUT2D eigenvalue weighted by molar-refractivity contribution is 7.89. The van der Waals surface area contributed by atoms with Crippen molar-refractivity contribution in [3.63, 3.8) is 0 Å². The van der Waals surface area contributed by atoms with Gasteiger partial charge in [0.05, 0.1) is 11.0 Å². The van der Waals surface area contributed by atoms with Crippen molar-refractivity contribution in [3.8, 4) is 6.07 Å². The van der Waals surface area contributed by atoms with E-state index in [2.05, 4.69) is 0 Å². The molecule has 0 bridgehead atoms. The number of nitriles is 1. The van der Waals surface area contributed by atoms with Crippen LogP contribution in [-0.2, 0) is 10.0 Å². The maximum Gasteiger partial charge on any atom is 0.244 e. The highest BCUT2D eigenvalue weighted by Crippen LogP contribution is 2.29. The van der Waals surface area contributed by atoms with E-state index in [4.69, 9.17) is 16.9 Å². The van der Waals surface area contributed by atoms with Gasteiger partial charge in [-0.15, -0.1) is 0 Å². The third-order valence-electron chi connectivity index (χ3n) is 3.36. The van der Waals surface area contributed by atoms with E-state index in [0.717, 1.165) is 25.7 Å². The van der Waals surface area contributed by atoms with Gasteiger partial charge in [0.2, 0.25) is 10.0 Å². The maximum atomic E-state index is 12.6. The topological polar surface area (TPSA) is 61.2 Å². The summed E-state index contributed by atoms with van der Waals surface area (Å²) in [5.41, 5.74) is 0. The minimum absolute atomic E-state index is 0.0661. The van der Waals surface area contributed by atoms with Crippen molar-refractivity contribution in [1.29, 1.82) is 5.26 Å². The standard InChI is InChI=1S/C13H15ClN2O2S/c14-11-4-3-7-13(10-11)19(17,18)16(9-8-15)12-5-1-2-6-12/h3-4,7,10,12H,1-2,5-6,9H2. The lowest BCUT2D eigenvalue weighted by atomic mass is 10.2. The Bertz CT molecular complexity index is 589. The molecule has 0 atom stereocenters. The van der Waals surface area contributed by atoms with E-state index in [0.29, 0.717) is 5.02 Å². The largest absolute Gasteiger partial charge is 0.244 e. The minimum Gasteiger partial charge on any atom is -0.207 e. The molecule has 0 heterocycles. The zero-order valence-corrected chi connectivity index (χ0v) is 12.0. The molecule has 0 aliphatic heterocycles. The van der Waals surface area contributed by atoms with Crippen LogP contribution in [0, 0.1) is 11.3 Å². The first-order valence-corrected chi connectivity index (χ1v) is 8.02. The molecule has 4 nitrogen and oxygen atoms in total. The highest BCUT2D eigenvalue weighted by Gasteiger charge is 2.33. The molecule has 0 spiro atoms. The van der Waals surface area contributed by atoms with Crippen LogP contribution in [0.4, 0.5) is 0 Å². The average Bonchev–Trinajstić information content (AvgIpc) is 2.89. The summed E-state index contributed by atoms with van der Waals surface area (Å²) in [5.74, 6) is 0. The number of nitrogens with zero attached hydrogens (tertiary/aromatic N) is 2. The first kappa shape index (κ1) is 14.3. The lowest BCUT2D eigenvalue weighted by Crippen LogP contribution is -2.39. The number of hydrogen-bond acceptors (Lipinski definition) is 3. The predicted molar refractivity (Wildman–Crippen MR) is 73.2 cm³/mol. The van der Waals surface area contributed by atoms with Crippen molar-refractivity contribution in [2.24, 2.45) is 0 Å². The van der Waals surface area contributed by atoms with Crippen molar-refractivity contribution >= 4 is 21.6 Å². The summed E-state index contributed by atoms with van der Waals surface area (Å²) in [4.78, 5) is 0.155. The minimum atomic E-state index is -3.64. The van der Waals surface area contributed by atoms with E-state index in [9.17, 15) is 8.42 Å². The normalized spacial score (nSPS) is 16.7. The monoisotopic (exact) mass is 298 g/mol. The van der Waals surface area contributed by atoms with Crippen LogP contribution in [0.5, 0.6) is 0 Å². The van der Waals surface area contributed by atoms with E-state index >= 15 is 0 Å². The Morgan fingerprint density at radius 1 is 1.37 bits per heavy atom. The van der Waals surface area contributed by atoms with Crippen LogP contribution in [0.2, 0.25) is 5.02 Å². The summed E-state index contributed by atoms with van der Waals surface area (Å²) in [6, 6.07) is 8.06. The summed E-state index contributed by atoms with van der Waals surface area (Å²) >= 11 is 5.84. The molecule has 102 valence electrons. The molecule has 1 aliphatic rings. The van der Waals surface area contributed by atoms with Gasteiger partial charge in [0, 0.05) is 11.1 Å². The van der Waals surface area contributed by atoms with Gasteiger partial charge in [-0.1, -0.05) is 30.5 Å². The van der Waals surface area contributed by atoms with Crippen LogP contribution in [0.15, 0.2) is 29.2 Å². The molecule has 0 aromatic heterocycles. The molecule has 0 radical (unpaired) electrons. The van der Waals surface area contributed by atoms with E-state index in [1.165, 1.54) is 16.4 Å². The van der Waals surface area contributed by atoms with Gasteiger partial charge in [0.1, 0.15) is 6.54 Å². The maximum absolute atomic E-state index is 12.6. The second kappa shape index (κ2) is 5.91. The molecule has 2 rings (SSSR count). The molecule has 0 N–H and O–H groups in total. The summed E-state index contributed by atoms with van der Waals surface area (Å²) in [5, 5.41) is 9.26. The molecule has 6 heteroatoms. The molecule has 0 saturated heterocycles. The fourth-order valence-electron chi connectivity index (χ4n) is 2.44. The quantitative estimate of drug-likeness (QED) is 0.803. The molecule has 1 aromatic carbocycles. The van der Waals surface area contributed by atoms with Crippen molar-refractivity contribution in [1.82, 2.24) is 4.31 Å². The number of rotatable bonds is 4. The highest BCUT2D eigenvalue weighted by atomic mass is 35.5. The van der Waals surface area contributed by atoms with Gasteiger partial charge in [-0.3, -0.25) is 0 Å². The number of halogens is 1. The molecule has 1 aromatic rings. The smallest absolute Gasteiger partial charge is 0.207 e. The SMILES string of the molecule is N#CCN(C1CCCC1)S(=O)(=O)c1cccc(Cl)c1.